The van der Waals surface area contributed by atoms with Gasteiger partial charge in [0.2, 0.25) is 0 Å². The number of hydrogen-bond donors (Lipinski definition) is 2. The summed E-state index contributed by atoms with van der Waals surface area (Å²) < 4.78 is 0. The first-order valence-electron chi connectivity index (χ1n) is 2.57. The highest BCUT2D eigenvalue weighted by Crippen LogP contribution is 1.64. The molecule has 0 aromatic heterocycles. The molecule has 8 heavy (non-hydrogen) atoms. The van der Waals surface area contributed by atoms with Crippen molar-refractivity contribution in [2.24, 2.45) is 5.73 Å². The van der Waals surface area contributed by atoms with Gasteiger partial charge in [0, 0.05) is 20.2 Å². The van der Waals surface area contributed by atoms with Crippen LogP contribution in [0, 0.1) is 0 Å². The van der Waals surface area contributed by atoms with Gasteiger partial charge in [-0.15, -0.1) is 0 Å². The van der Waals surface area contributed by atoms with Crippen molar-refractivity contribution in [2.45, 2.75) is 0 Å². The zero-order valence-electron chi connectivity index (χ0n) is 5.89. The zero-order chi connectivity index (χ0) is 6.99. The quantitative estimate of drug-likeness (QED) is 0.497. The molecule has 0 fully saturated rings. The standard InChI is InChI=1S/C4H12N2.CH4O/c1-6(2)4-3-5;1-2/h3-5H2,1-2H3;2H,1H3. The summed E-state index contributed by atoms with van der Waals surface area (Å²) in [6, 6.07) is 0. The summed E-state index contributed by atoms with van der Waals surface area (Å²) in [6.45, 7) is 1.74. The monoisotopic (exact) mass is 120 g/mol. The highest BCUT2D eigenvalue weighted by molar-refractivity contribution is 4.38. The van der Waals surface area contributed by atoms with Crippen LogP contribution in [0.2, 0.25) is 0 Å². The van der Waals surface area contributed by atoms with E-state index in [1.165, 1.54) is 0 Å². The second-order valence-electron chi connectivity index (χ2n) is 1.59. The molecule has 3 N–H and O–H groups in total. The highest BCUT2D eigenvalue weighted by Gasteiger charge is 1.79. The Morgan fingerprint density at radius 3 is 1.75 bits per heavy atom. The molecule has 0 unspecified atom stereocenters. The molecule has 0 aliphatic carbocycles. The fourth-order valence-electron chi connectivity index (χ4n) is 0.258. The van der Waals surface area contributed by atoms with Gasteiger partial charge in [-0.1, -0.05) is 0 Å². The van der Waals surface area contributed by atoms with Gasteiger partial charge in [0.25, 0.3) is 0 Å². The Balaban J connectivity index is 0. The highest BCUT2D eigenvalue weighted by atomic mass is 16.2. The van der Waals surface area contributed by atoms with E-state index < -0.39 is 0 Å². The Bertz CT molecular complexity index is 31.6. The Kier molecular flexibility index (Phi) is 13.5. The maximum atomic E-state index is 7.00. The van der Waals surface area contributed by atoms with E-state index in [0.29, 0.717) is 0 Å². The van der Waals surface area contributed by atoms with Crippen molar-refractivity contribution >= 4 is 0 Å². The van der Waals surface area contributed by atoms with Crippen molar-refractivity contribution in [3.8, 4) is 0 Å². The topological polar surface area (TPSA) is 49.5 Å². The molecule has 0 aromatic rings. The van der Waals surface area contributed by atoms with Crippen molar-refractivity contribution < 1.29 is 5.11 Å². The largest absolute Gasteiger partial charge is 0.400 e. The van der Waals surface area contributed by atoms with Crippen LogP contribution in [0.25, 0.3) is 0 Å². The summed E-state index contributed by atoms with van der Waals surface area (Å²) in [7, 11) is 5.01. The third-order valence-electron chi connectivity index (χ3n) is 0.576. The molecular weight excluding hydrogens is 104 g/mol. The first-order chi connectivity index (χ1) is 3.77. The van der Waals surface area contributed by atoms with E-state index >= 15 is 0 Å². The predicted molar refractivity (Wildman–Crippen MR) is 35.8 cm³/mol. The molecule has 3 heteroatoms. The number of likely N-dealkylation sites (N-methyl/N-ethyl adjacent to an activating group) is 1. The second-order valence-corrected chi connectivity index (χ2v) is 1.59. The Labute approximate surface area is 51.1 Å². The molecule has 0 aliphatic heterocycles. The van der Waals surface area contributed by atoms with Gasteiger partial charge in [-0.05, 0) is 14.1 Å². The van der Waals surface area contributed by atoms with Crippen LogP contribution in [0.3, 0.4) is 0 Å². The summed E-state index contributed by atoms with van der Waals surface area (Å²) in [5.74, 6) is 0. The lowest BCUT2D eigenvalue weighted by atomic mass is 10.6. The van der Waals surface area contributed by atoms with Gasteiger partial charge in [0.1, 0.15) is 0 Å². The SMILES string of the molecule is CN(C)CCN.CO. The van der Waals surface area contributed by atoms with E-state index in [9.17, 15) is 0 Å². The minimum absolute atomic E-state index is 0.757. The molecular formula is C5H16N2O. The summed E-state index contributed by atoms with van der Waals surface area (Å²) >= 11 is 0. The molecule has 0 heterocycles. The lowest BCUT2D eigenvalue weighted by Crippen LogP contribution is -2.20. The van der Waals surface area contributed by atoms with Crippen LogP contribution in [0.4, 0.5) is 0 Å². The molecule has 0 bridgehead atoms. The van der Waals surface area contributed by atoms with E-state index in [1.807, 2.05) is 14.1 Å². The molecule has 0 atom stereocenters. The van der Waals surface area contributed by atoms with Gasteiger partial charge in [0.15, 0.2) is 0 Å². The van der Waals surface area contributed by atoms with E-state index in [1.54, 1.807) is 0 Å². The van der Waals surface area contributed by atoms with Crippen LogP contribution in [0.15, 0.2) is 0 Å². The molecule has 0 spiro atoms. The van der Waals surface area contributed by atoms with Gasteiger partial charge in [0.05, 0.1) is 0 Å². The van der Waals surface area contributed by atoms with E-state index in [0.717, 1.165) is 20.2 Å². The number of aliphatic hydroxyl groups is 1. The molecule has 0 aromatic carbocycles. The molecule has 3 nitrogen and oxygen atoms in total. The summed E-state index contributed by atoms with van der Waals surface area (Å²) in [4.78, 5) is 2.06. The smallest absolute Gasteiger partial charge is 0.0319 e. The predicted octanol–water partition coefficient (Wildman–Crippen LogP) is -0.885. The van der Waals surface area contributed by atoms with Crippen LogP contribution in [-0.4, -0.2) is 44.3 Å². The van der Waals surface area contributed by atoms with Crippen LogP contribution < -0.4 is 5.73 Å². The van der Waals surface area contributed by atoms with Gasteiger partial charge >= 0.3 is 0 Å². The fraction of sp³-hybridized carbons (Fsp3) is 1.00. The van der Waals surface area contributed by atoms with E-state index in [-0.39, 0.29) is 0 Å². The molecule has 0 rings (SSSR count). The molecule has 0 saturated heterocycles. The first-order valence-corrected chi connectivity index (χ1v) is 2.57. The van der Waals surface area contributed by atoms with Crippen LogP contribution >= 0.6 is 0 Å². The lowest BCUT2D eigenvalue weighted by Gasteiger charge is -2.03. The van der Waals surface area contributed by atoms with Crippen molar-refractivity contribution in [3.63, 3.8) is 0 Å². The zero-order valence-corrected chi connectivity index (χ0v) is 5.89. The number of nitrogens with two attached hydrogens (primary N) is 1. The lowest BCUT2D eigenvalue weighted by molar-refractivity contribution is 0.399. The van der Waals surface area contributed by atoms with E-state index in [2.05, 4.69) is 4.90 Å². The molecule has 52 valence electrons. The number of nitrogens with zero attached hydrogens (tertiary/aromatic N) is 1. The van der Waals surface area contributed by atoms with Gasteiger partial charge in [-0.2, -0.15) is 0 Å². The molecule has 0 radical (unpaired) electrons. The molecule has 0 amide bonds. The number of aliphatic hydroxyl groups excluding tert-OH is 1. The van der Waals surface area contributed by atoms with Gasteiger partial charge in [-0.25, -0.2) is 0 Å². The van der Waals surface area contributed by atoms with Crippen LogP contribution in [0.1, 0.15) is 0 Å². The van der Waals surface area contributed by atoms with Gasteiger partial charge < -0.3 is 15.7 Å². The second kappa shape index (κ2) is 9.99. The van der Waals surface area contributed by atoms with Crippen molar-refractivity contribution in [1.82, 2.24) is 4.90 Å². The Morgan fingerprint density at radius 2 is 1.75 bits per heavy atom. The van der Waals surface area contributed by atoms with Crippen LogP contribution in [-0.2, 0) is 0 Å². The van der Waals surface area contributed by atoms with Gasteiger partial charge in [-0.3, -0.25) is 0 Å². The summed E-state index contributed by atoms with van der Waals surface area (Å²) in [6.07, 6.45) is 0. The summed E-state index contributed by atoms with van der Waals surface area (Å²) in [5.41, 5.74) is 5.19. The minimum Gasteiger partial charge on any atom is -0.400 e. The first kappa shape index (κ1) is 10.8. The van der Waals surface area contributed by atoms with E-state index in [4.69, 9.17) is 10.8 Å². The fourth-order valence-corrected chi connectivity index (χ4v) is 0.258. The Hall–Kier alpha value is -0.120. The number of hydrogen-bond acceptors (Lipinski definition) is 3. The average molecular weight is 120 g/mol. The normalized spacial score (nSPS) is 8.25. The van der Waals surface area contributed by atoms with Crippen molar-refractivity contribution in [1.29, 1.82) is 0 Å². The number of rotatable bonds is 2. The maximum absolute atomic E-state index is 7.00. The molecule has 0 aliphatic rings. The minimum atomic E-state index is 0.757. The van der Waals surface area contributed by atoms with Crippen LogP contribution in [0.5, 0.6) is 0 Å². The third-order valence-corrected chi connectivity index (χ3v) is 0.576. The third kappa shape index (κ3) is 16.9. The molecule has 0 saturated carbocycles. The van der Waals surface area contributed by atoms with Crippen molar-refractivity contribution in [2.75, 3.05) is 34.3 Å². The average Bonchev–Trinajstić information content (AvgIpc) is 1.72. The maximum Gasteiger partial charge on any atom is 0.0319 e. The Morgan fingerprint density at radius 1 is 1.38 bits per heavy atom. The summed E-state index contributed by atoms with van der Waals surface area (Å²) in [5, 5.41) is 7.00. The van der Waals surface area contributed by atoms with Crippen molar-refractivity contribution in [3.05, 3.63) is 0 Å².